The molecule has 204 valence electrons. The predicted octanol–water partition coefficient (Wildman–Crippen LogP) is 4.30. The molecule has 0 saturated heterocycles. The minimum Gasteiger partial charge on any atom is -0.478 e. The van der Waals surface area contributed by atoms with Crippen LogP contribution in [0.1, 0.15) is 122 Å². The van der Waals surface area contributed by atoms with Crippen molar-refractivity contribution >= 4 is 29.6 Å². The molecule has 1 aliphatic rings. The summed E-state index contributed by atoms with van der Waals surface area (Å²) in [5, 5.41) is 14.7. The molecule has 0 spiro atoms. The Kier molecular flexibility index (Phi) is 12.8. The van der Waals surface area contributed by atoms with Crippen LogP contribution >= 0.6 is 0 Å². The fourth-order valence-electron chi connectivity index (χ4n) is 4.36. The molecule has 37 heavy (non-hydrogen) atoms. The van der Waals surface area contributed by atoms with Crippen LogP contribution < -0.4 is 10.6 Å². The van der Waals surface area contributed by atoms with Crippen molar-refractivity contribution in [3.63, 3.8) is 0 Å². The zero-order valence-electron chi connectivity index (χ0n) is 22.1. The summed E-state index contributed by atoms with van der Waals surface area (Å²) in [6, 6.07) is 2.64. The highest BCUT2D eigenvalue weighted by Crippen LogP contribution is 2.24. The first-order chi connectivity index (χ1) is 17.8. The Bertz CT molecular complexity index is 961. The van der Waals surface area contributed by atoms with Crippen LogP contribution in [0.25, 0.3) is 0 Å². The lowest BCUT2D eigenvalue weighted by Crippen LogP contribution is -2.53. The van der Waals surface area contributed by atoms with Gasteiger partial charge < -0.3 is 15.7 Å². The van der Waals surface area contributed by atoms with Gasteiger partial charge in [-0.1, -0.05) is 71.6 Å². The van der Waals surface area contributed by atoms with Crippen LogP contribution in [-0.4, -0.2) is 58.7 Å². The lowest BCUT2D eigenvalue weighted by atomic mass is 10.1. The monoisotopic (exact) mass is 515 g/mol. The summed E-state index contributed by atoms with van der Waals surface area (Å²) in [6.07, 6.45) is 11.6. The maximum Gasteiger partial charge on any atom is 0.335 e. The van der Waals surface area contributed by atoms with Crippen molar-refractivity contribution in [3.8, 4) is 0 Å². The van der Waals surface area contributed by atoms with Crippen LogP contribution in [0.15, 0.2) is 18.2 Å². The molecular formula is C28H41N3O6. The Labute approximate surface area is 219 Å². The number of nitrogens with one attached hydrogen (secondary N) is 2. The number of hydrogen-bond donors (Lipinski definition) is 3. The van der Waals surface area contributed by atoms with E-state index in [4.69, 9.17) is 0 Å². The Hall–Kier alpha value is -3.23. The molecule has 1 atom stereocenters. The third kappa shape index (κ3) is 9.30. The Morgan fingerprint density at radius 3 is 2.08 bits per heavy atom. The van der Waals surface area contributed by atoms with E-state index in [0.29, 0.717) is 13.0 Å². The SMILES string of the molecule is CCCCCCCCCC(=O)NC(CN1C(=O)c2ccc(C(=O)O)cc2C1=O)C(=O)NCCCCCC. The van der Waals surface area contributed by atoms with E-state index in [-0.39, 0.29) is 35.6 Å². The van der Waals surface area contributed by atoms with Crippen molar-refractivity contribution in [2.75, 3.05) is 13.1 Å². The highest BCUT2D eigenvalue weighted by atomic mass is 16.4. The van der Waals surface area contributed by atoms with Crippen molar-refractivity contribution in [1.82, 2.24) is 15.5 Å². The zero-order valence-corrected chi connectivity index (χ0v) is 22.1. The zero-order chi connectivity index (χ0) is 27.2. The van der Waals surface area contributed by atoms with Gasteiger partial charge in [0.2, 0.25) is 11.8 Å². The number of carbonyl (C=O) groups excluding carboxylic acids is 4. The number of hydrogen-bond acceptors (Lipinski definition) is 5. The van der Waals surface area contributed by atoms with Crippen LogP contribution in [0.4, 0.5) is 0 Å². The van der Waals surface area contributed by atoms with Gasteiger partial charge in [-0.3, -0.25) is 24.1 Å². The number of nitrogens with zero attached hydrogens (tertiary/aromatic N) is 1. The quantitative estimate of drug-likeness (QED) is 0.197. The van der Waals surface area contributed by atoms with Crippen molar-refractivity contribution in [2.45, 2.75) is 96.9 Å². The largest absolute Gasteiger partial charge is 0.478 e. The molecule has 4 amide bonds. The molecule has 0 bridgehead atoms. The molecule has 0 fully saturated rings. The minimum absolute atomic E-state index is 0.0157. The summed E-state index contributed by atoms with van der Waals surface area (Å²) in [4.78, 5) is 63.6. The van der Waals surface area contributed by atoms with E-state index in [2.05, 4.69) is 24.5 Å². The first kappa shape index (κ1) is 30.0. The van der Waals surface area contributed by atoms with Crippen LogP contribution in [0.2, 0.25) is 0 Å². The predicted molar refractivity (Wildman–Crippen MR) is 140 cm³/mol. The van der Waals surface area contributed by atoms with Gasteiger partial charge in [-0.05, 0) is 31.0 Å². The lowest BCUT2D eigenvalue weighted by molar-refractivity contribution is -0.129. The molecule has 1 aliphatic heterocycles. The molecule has 1 heterocycles. The van der Waals surface area contributed by atoms with E-state index >= 15 is 0 Å². The summed E-state index contributed by atoms with van der Waals surface area (Å²) in [5.41, 5.74) is -0.0349. The van der Waals surface area contributed by atoms with Crippen LogP contribution in [0, 0.1) is 0 Å². The summed E-state index contributed by atoms with van der Waals surface area (Å²) in [6.45, 7) is 4.37. The molecule has 1 aromatic rings. The standard InChI is InChI=1S/C28H41N3O6/c1-3-5-7-9-10-11-12-14-24(32)30-23(25(33)29-17-13-8-6-4-2)19-31-26(34)21-16-15-20(28(36)37)18-22(21)27(31)35/h15-16,18,23H,3-14,17,19H2,1-2H3,(H,29,33)(H,30,32)(H,36,37). The second-order valence-electron chi connectivity index (χ2n) is 9.63. The number of carbonyl (C=O) groups is 5. The van der Waals surface area contributed by atoms with Gasteiger partial charge in [0.25, 0.3) is 11.8 Å². The average Bonchev–Trinajstić information content (AvgIpc) is 3.11. The van der Waals surface area contributed by atoms with Gasteiger partial charge in [-0.2, -0.15) is 0 Å². The summed E-state index contributed by atoms with van der Waals surface area (Å²) in [5.74, 6) is -3.25. The molecule has 2 rings (SSSR count). The number of rotatable bonds is 18. The van der Waals surface area contributed by atoms with E-state index in [1.807, 2.05) is 0 Å². The second-order valence-corrected chi connectivity index (χ2v) is 9.63. The first-order valence-electron chi connectivity index (χ1n) is 13.6. The molecule has 1 aromatic carbocycles. The molecule has 0 radical (unpaired) electrons. The van der Waals surface area contributed by atoms with Gasteiger partial charge in [0.1, 0.15) is 6.04 Å². The van der Waals surface area contributed by atoms with Crippen molar-refractivity contribution in [2.24, 2.45) is 0 Å². The number of amides is 4. The van der Waals surface area contributed by atoms with Crippen molar-refractivity contribution in [3.05, 3.63) is 34.9 Å². The number of carboxylic acid groups (broad SMARTS) is 1. The molecule has 9 heteroatoms. The maximum absolute atomic E-state index is 13.0. The average molecular weight is 516 g/mol. The molecule has 9 nitrogen and oxygen atoms in total. The van der Waals surface area contributed by atoms with E-state index in [0.717, 1.165) is 49.8 Å². The summed E-state index contributed by atoms with van der Waals surface area (Å²) < 4.78 is 0. The molecule has 3 N–H and O–H groups in total. The molecular weight excluding hydrogens is 474 g/mol. The smallest absolute Gasteiger partial charge is 0.335 e. The maximum atomic E-state index is 13.0. The molecule has 0 aliphatic carbocycles. The molecule has 0 saturated carbocycles. The number of imide groups is 1. The third-order valence-electron chi connectivity index (χ3n) is 6.57. The lowest BCUT2D eigenvalue weighted by Gasteiger charge is -2.23. The summed E-state index contributed by atoms with van der Waals surface area (Å²) >= 11 is 0. The second kappa shape index (κ2) is 15.8. The topological polar surface area (TPSA) is 133 Å². The van der Waals surface area contributed by atoms with Gasteiger partial charge in [0.15, 0.2) is 0 Å². The minimum atomic E-state index is -1.21. The first-order valence-corrected chi connectivity index (χ1v) is 13.6. The van der Waals surface area contributed by atoms with Gasteiger partial charge in [-0.25, -0.2) is 4.79 Å². The van der Waals surface area contributed by atoms with Gasteiger partial charge in [-0.15, -0.1) is 0 Å². The third-order valence-corrected chi connectivity index (χ3v) is 6.57. The van der Waals surface area contributed by atoms with Crippen LogP contribution in [-0.2, 0) is 9.59 Å². The number of unbranched alkanes of at least 4 members (excludes halogenated alkanes) is 9. The van der Waals surface area contributed by atoms with E-state index < -0.39 is 29.7 Å². The summed E-state index contributed by atoms with van der Waals surface area (Å²) in [7, 11) is 0. The van der Waals surface area contributed by atoms with E-state index in [1.54, 1.807) is 0 Å². The van der Waals surface area contributed by atoms with E-state index in [9.17, 15) is 29.1 Å². The number of aromatic carboxylic acids is 1. The number of fused-ring (bicyclic) bond motifs is 1. The van der Waals surface area contributed by atoms with Gasteiger partial charge >= 0.3 is 5.97 Å². The van der Waals surface area contributed by atoms with Gasteiger partial charge in [0.05, 0.1) is 23.2 Å². The van der Waals surface area contributed by atoms with Crippen molar-refractivity contribution < 1.29 is 29.1 Å². The number of carboxylic acids is 1. The Morgan fingerprint density at radius 2 is 1.43 bits per heavy atom. The highest BCUT2D eigenvalue weighted by molar-refractivity contribution is 6.22. The van der Waals surface area contributed by atoms with Gasteiger partial charge in [0, 0.05) is 13.0 Å². The Morgan fingerprint density at radius 1 is 0.838 bits per heavy atom. The fraction of sp³-hybridized carbons (Fsp3) is 0.607. The normalized spacial score (nSPS) is 13.4. The van der Waals surface area contributed by atoms with E-state index in [1.165, 1.54) is 37.5 Å². The fourth-order valence-corrected chi connectivity index (χ4v) is 4.36. The highest BCUT2D eigenvalue weighted by Gasteiger charge is 2.38. The Balaban J connectivity index is 2.02. The molecule has 1 unspecified atom stereocenters. The van der Waals surface area contributed by atoms with Crippen molar-refractivity contribution in [1.29, 1.82) is 0 Å². The molecule has 0 aromatic heterocycles. The van der Waals surface area contributed by atoms with Crippen LogP contribution in [0.3, 0.4) is 0 Å². The van der Waals surface area contributed by atoms with Crippen LogP contribution in [0.5, 0.6) is 0 Å². The number of benzene rings is 1.